The third-order valence-electron chi connectivity index (χ3n) is 1.45. The van der Waals surface area contributed by atoms with Crippen molar-refractivity contribution in [2.75, 3.05) is 6.54 Å². The Morgan fingerprint density at radius 3 is 2.80 bits per heavy atom. The molecule has 4 N–H and O–H groups in total. The topological polar surface area (TPSA) is 75.3 Å². The molecule has 0 bridgehead atoms. The monoisotopic (exact) mass is 144 g/mol. The number of carbonyl (C=O) groups excluding carboxylic acids is 1. The van der Waals surface area contributed by atoms with Crippen molar-refractivity contribution in [1.82, 2.24) is 5.32 Å². The number of hydrogen-bond donors (Lipinski definition) is 3. The molecule has 0 aromatic heterocycles. The predicted molar refractivity (Wildman–Crippen MR) is 36.2 cm³/mol. The Morgan fingerprint density at radius 2 is 2.40 bits per heavy atom. The van der Waals surface area contributed by atoms with Gasteiger partial charge in [0.1, 0.15) is 6.10 Å². The van der Waals surface area contributed by atoms with Crippen LogP contribution in [0.25, 0.3) is 0 Å². The van der Waals surface area contributed by atoms with Crippen LogP contribution in [0.5, 0.6) is 0 Å². The molecule has 0 radical (unpaired) electrons. The first-order valence-corrected chi connectivity index (χ1v) is 3.42. The van der Waals surface area contributed by atoms with Crippen molar-refractivity contribution in [3.8, 4) is 0 Å². The lowest BCUT2D eigenvalue weighted by atomic mass is 10.3. The zero-order valence-electron chi connectivity index (χ0n) is 5.71. The number of amides is 1. The van der Waals surface area contributed by atoms with Crippen LogP contribution in [-0.2, 0) is 4.79 Å². The maximum atomic E-state index is 10.8. The summed E-state index contributed by atoms with van der Waals surface area (Å²) in [4.78, 5) is 10.8. The highest BCUT2D eigenvalue weighted by atomic mass is 16.3. The van der Waals surface area contributed by atoms with E-state index in [4.69, 9.17) is 10.8 Å². The van der Waals surface area contributed by atoms with Crippen LogP contribution in [0.1, 0.15) is 12.8 Å². The molecule has 1 aliphatic rings. The van der Waals surface area contributed by atoms with Crippen LogP contribution in [0, 0.1) is 0 Å². The summed E-state index contributed by atoms with van der Waals surface area (Å²) in [5, 5.41) is 11.5. The summed E-state index contributed by atoms with van der Waals surface area (Å²) in [5.41, 5.74) is 5.06. The Morgan fingerprint density at radius 1 is 1.80 bits per heavy atom. The van der Waals surface area contributed by atoms with Gasteiger partial charge in [-0.25, -0.2) is 0 Å². The van der Waals surface area contributed by atoms with E-state index in [0.717, 1.165) is 12.8 Å². The largest absolute Gasteiger partial charge is 0.382 e. The first-order valence-electron chi connectivity index (χ1n) is 3.42. The average Bonchev–Trinajstić information content (AvgIpc) is 2.70. The molecule has 0 aromatic rings. The van der Waals surface area contributed by atoms with Crippen LogP contribution in [0.15, 0.2) is 0 Å². The van der Waals surface area contributed by atoms with Crippen molar-refractivity contribution in [3.63, 3.8) is 0 Å². The van der Waals surface area contributed by atoms with Gasteiger partial charge in [-0.05, 0) is 12.8 Å². The summed E-state index contributed by atoms with van der Waals surface area (Å²) >= 11 is 0. The fraction of sp³-hybridized carbons (Fsp3) is 0.833. The maximum Gasteiger partial charge on any atom is 0.250 e. The molecule has 0 aromatic carbocycles. The van der Waals surface area contributed by atoms with Gasteiger partial charge in [0.15, 0.2) is 0 Å². The summed E-state index contributed by atoms with van der Waals surface area (Å²) in [6.07, 6.45) is 1.03. The van der Waals surface area contributed by atoms with E-state index in [2.05, 4.69) is 5.32 Å². The second kappa shape index (κ2) is 2.98. The van der Waals surface area contributed by atoms with Crippen molar-refractivity contribution in [2.24, 2.45) is 5.73 Å². The van der Waals surface area contributed by atoms with Crippen molar-refractivity contribution < 1.29 is 9.90 Å². The van der Waals surface area contributed by atoms with E-state index < -0.39 is 6.10 Å². The highest BCUT2D eigenvalue weighted by Gasteiger charge is 2.25. The lowest BCUT2D eigenvalue weighted by Gasteiger charge is -2.06. The van der Waals surface area contributed by atoms with Crippen LogP contribution in [0.2, 0.25) is 0 Å². The Bertz CT molecular complexity index is 134. The molecule has 1 fully saturated rings. The van der Waals surface area contributed by atoms with Crippen LogP contribution in [0.4, 0.5) is 0 Å². The molecule has 0 heterocycles. The van der Waals surface area contributed by atoms with Gasteiger partial charge in [0.05, 0.1) is 0 Å². The standard InChI is InChI=1S/C6H12N2O2/c7-3-5(9)6(10)8-4-1-2-4/h4-5,9H,1-3,7H2,(H,8,10). The number of carbonyl (C=O) groups is 1. The molecular formula is C6H12N2O2. The van der Waals surface area contributed by atoms with E-state index in [9.17, 15) is 4.79 Å². The van der Waals surface area contributed by atoms with Gasteiger partial charge in [-0.2, -0.15) is 0 Å². The first kappa shape index (κ1) is 7.50. The molecule has 1 aliphatic carbocycles. The fourth-order valence-electron chi connectivity index (χ4n) is 0.632. The number of nitrogens with one attached hydrogen (secondary N) is 1. The summed E-state index contributed by atoms with van der Waals surface area (Å²) < 4.78 is 0. The van der Waals surface area contributed by atoms with Gasteiger partial charge in [-0.3, -0.25) is 4.79 Å². The number of nitrogens with two attached hydrogens (primary N) is 1. The molecule has 0 saturated heterocycles. The van der Waals surface area contributed by atoms with E-state index in [1.165, 1.54) is 0 Å². The molecule has 1 amide bonds. The summed E-state index contributed by atoms with van der Waals surface area (Å²) in [6.45, 7) is -0.00144. The minimum Gasteiger partial charge on any atom is -0.382 e. The minimum atomic E-state index is -1.03. The molecule has 1 rings (SSSR count). The molecule has 58 valence electrons. The first-order chi connectivity index (χ1) is 4.74. The van der Waals surface area contributed by atoms with Crippen LogP contribution < -0.4 is 11.1 Å². The molecule has 4 nitrogen and oxygen atoms in total. The van der Waals surface area contributed by atoms with Gasteiger partial charge >= 0.3 is 0 Å². The summed E-state index contributed by atoms with van der Waals surface area (Å²) in [6, 6.07) is 0.300. The molecular weight excluding hydrogens is 132 g/mol. The van der Waals surface area contributed by atoms with Gasteiger partial charge in [0.25, 0.3) is 0 Å². The van der Waals surface area contributed by atoms with Crippen molar-refractivity contribution in [1.29, 1.82) is 0 Å². The molecule has 1 saturated carbocycles. The van der Waals surface area contributed by atoms with Gasteiger partial charge < -0.3 is 16.2 Å². The van der Waals surface area contributed by atoms with Crippen molar-refractivity contribution >= 4 is 5.91 Å². The lowest BCUT2D eigenvalue weighted by Crippen LogP contribution is -2.40. The van der Waals surface area contributed by atoms with Crippen molar-refractivity contribution in [3.05, 3.63) is 0 Å². The number of aliphatic hydroxyl groups excluding tert-OH is 1. The van der Waals surface area contributed by atoms with E-state index in [0.29, 0.717) is 6.04 Å². The second-order valence-electron chi connectivity index (χ2n) is 2.53. The normalized spacial score (nSPS) is 20.2. The van der Waals surface area contributed by atoms with Gasteiger partial charge in [-0.15, -0.1) is 0 Å². The van der Waals surface area contributed by atoms with E-state index >= 15 is 0 Å². The Kier molecular flexibility index (Phi) is 2.24. The second-order valence-corrected chi connectivity index (χ2v) is 2.53. The quantitative estimate of drug-likeness (QED) is 0.455. The highest BCUT2D eigenvalue weighted by Crippen LogP contribution is 2.18. The highest BCUT2D eigenvalue weighted by molar-refractivity contribution is 5.81. The molecule has 10 heavy (non-hydrogen) atoms. The molecule has 1 unspecified atom stereocenters. The van der Waals surface area contributed by atoms with Crippen molar-refractivity contribution in [2.45, 2.75) is 25.0 Å². The number of rotatable bonds is 3. The number of aliphatic hydroxyl groups is 1. The number of hydrogen-bond acceptors (Lipinski definition) is 3. The fourth-order valence-corrected chi connectivity index (χ4v) is 0.632. The Balaban J connectivity index is 2.18. The molecule has 1 atom stereocenters. The smallest absolute Gasteiger partial charge is 0.250 e. The van der Waals surface area contributed by atoms with E-state index in [1.807, 2.05) is 0 Å². The molecule has 0 aliphatic heterocycles. The summed E-state index contributed by atoms with van der Waals surface area (Å²) in [7, 11) is 0. The Labute approximate surface area is 59.4 Å². The third-order valence-corrected chi connectivity index (χ3v) is 1.45. The predicted octanol–water partition coefficient (Wildman–Crippen LogP) is -1.42. The maximum absolute atomic E-state index is 10.8. The SMILES string of the molecule is NCC(O)C(=O)NC1CC1. The van der Waals surface area contributed by atoms with E-state index in [-0.39, 0.29) is 12.5 Å². The lowest BCUT2D eigenvalue weighted by molar-refractivity contribution is -0.128. The van der Waals surface area contributed by atoms with Crippen LogP contribution in [-0.4, -0.2) is 29.7 Å². The molecule has 4 heteroatoms. The van der Waals surface area contributed by atoms with Gasteiger partial charge in [0, 0.05) is 12.6 Å². The van der Waals surface area contributed by atoms with Gasteiger partial charge in [-0.1, -0.05) is 0 Å². The minimum absolute atomic E-state index is 0.00144. The molecule has 0 spiro atoms. The zero-order chi connectivity index (χ0) is 7.56. The van der Waals surface area contributed by atoms with Gasteiger partial charge in [0.2, 0.25) is 5.91 Å². The van der Waals surface area contributed by atoms with Crippen LogP contribution >= 0.6 is 0 Å². The third kappa shape index (κ3) is 1.97. The van der Waals surface area contributed by atoms with E-state index in [1.54, 1.807) is 0 Å². The zero-order valence-corrected chi connectivity index (χ0v) is 5.71. The summed E-state index contributed by atoms with van der Waals surface area (Å²) in [5.74, 6) is -0.343. The average molecular weight is 144 g/mol. The Hall–Kier alpha value is -0.610. The van der Waals surface area contributed by atoms with Crippen LogP contribution in [0.3, 0.4) is 0 Å².